The largest absolute Gasteiger partial charge is 0.379 e. The Hall–Kier alpha value is -2.20. The highest BCUT2D eigenvalue weighted by molar-refractivity contribution is 7.37. The molecule has 0 aliphatic heterocycles. The maximum Gasteiger partial charge on any atom is 0.379 e. The second-order valence-electron chi connectivity index (χ2n) is 7.12. The molecular weight excluding hydrogens is 389 g/mol. The molecule has 0 spiro atoms. The summed E-state index contributed by atoms with van der Waals surface area (Å²) in [7, 11) is 0. The summed E-state index contributed by atoms with van der Waals surface area (Å²) in [5, 5.41) is 0. The number of halogens is 3. The highest BCUT2D eigenvalue weighted by atomic mass is 32.1. The average Bonchev–Trinajstić information content (AvgIpc) is 2.75. The molecule has 154 valence electrons. The lowest BCUT2D eigenvalue weighted by Crippen LogP contribution is -2.04. The van der Waals surface area contributed by atoms with Crippen molar-refractivity contribution in [3.63, 3.8) is 0 Å². The lowest BCUT2D eigenvalue weighted by molar-refractivity contribution is 0.00819. The highest BCUT2D eigenvalue weighted by Crippen LogP contribution is 2.35. The quantitative estimate of drug-likeness (QED) is 0.388. The van der Waals surface area contributed by atoms with Gasteiger partial charge in [-0.15, -0.1) is 0 Å². The third kappa shape index (κ3) is 6.67. The molecule has 1 aliphatic carbocycles. The van der Waals surface area contributed by atoms with E-state index < -0.39 is 6.68 Å². The first-order valence-electron chi connectivity index (χ1n) is 9.82. The topological polar surface area (TPSA) is 0 Å². The Morgan fingerprint density at radius 3 is 1.55 bits per heavy atom. The molecule has 0 saturated heterocycles. The van der Waals surface area contributed by atoms with Crippen molar-refractivity contribution in [3.05, 3.63) is 84.4 Å². The lowest BCUT2D eigenvalue weighted by atomic mass is 9.83. The molecule has 0 unspecified atom stereocenters. The van der Waals surface area contributed by atoms with Crippen LogP contribution in [0.1, 0.15) is 43.6 Å². The van der Waals surface area contributed by atoms with Gasteiger partial charge in [0.1, 0.15) is 0 Å². The molecule has 3 aromatic rings. The smallest absolute Gasteiger partial charge is 0.174 e. The van der Waals surface area contributed by atoms with Gasteiger partial charge in [-0.1, -0.05) is 112 Å². The molecule has 29 heavy (non-hydrogen) atoms. The molecule has 0 aromatic heterocycles. The molecular formula is C25H28F3S+. The monoisotopic (exact) mass is 417 g/mol. The van der Waals surface area contributed by atoms with Gasteiger partial charge in [0.25, 0.3) is 0 Å². The van der Waals surface area contributed by atoms with Gasteiger partial charge in [0, 0.05) is 0 Å². The van der Waals surface area contributed by atoms with Gasteiger partial charge in [-0.25, -0.2) is 0 Å². The van der Waals surface area contributed by atoms with Crippen molar-refractivity contribution in [2.24, 2.45) is 0 Å². The fraction of sp³-hybridized carbons (Fsp3) is 0.280. The predicted octanol–water partition coefficient (Wildman–Crippen LogP) is 7.44. The van der Waals surface area contributed by atoms with Crippen LogP contribution in [0.5, 0.6) is 0 Å². The molecule has 1 fully saturated rings. The summed E-state index contributed by atoms with van der Waals surface area (Å²) in [6, 6.07) is 28.7. The van der Waals surface area contributed by atoms with Gasteiger partial charge in [-0.3, -0.25) is 0 Å². The Balaban J connectivity index is 0.000000552. The van der Waals surface area contributed by atoms with Crippen LogP contribution >= 0.6 is 0 Å². The van der Waals surface area contributed by atoms with E-state index in [2.05, 4.69) is 78.9 Å². The third-order valence-electron chi connectivity index (χ3n) is 5.31. The van der Waals surface area contributed by atoms with Crippen molar-refractivity contribution < 1.29 is 13.2 Å². The molecule has 0 radical (unpaired) electrons. The molecule has 4 heteroatoms. The first-order valence-corrected chi connectivity index (χ1v) is 9.82. The predicted molar refractivity (Wildman–Crippen MR) is 122 cm³/mol. The normalized spacial score (nSPS) is 13.9. The summed E-state index contributed by atoms with van der Waals surface area (Å²) in [6.45, 7) is -3.67. The van der Waals surface area contributed by atoms with Crippen LogP contribution in [0, 0.1) is 0 Å². The number of benzene rings is 3. The van der Waals surface area contributed by atoms with Crippen LogP contribution in [0.25, 0.3) is 22.3 Å². The number of alkyl halides is 3. The van der Waals surface area contributed by atoms with E-state index in [1.54, 1.807) is 0 Å². The zero-order valence-electron chi connectivity index (χ0n) is 16.4. The van der Waals surface area contributed by atoms with Crippen molar-refractivity contribution in [3.8, 4) is 22.3 Å². The zero-order valence-corrected chi connectivity index (χ0v) is 17.6. The molecule has 1 saturated carbocycles. The molecule has 0 heterocycles. The van der Waals surface area contributed by atoms with E-state index in [0.29, 0.717) is 0 Å². The van der Waals surface area contributed by atoms with Crippen LogP contribution in [0.4, 0.5) is 13.2 Å². The minimum atomic E-state index is -3.67. The zero-order chi connectivity index (χ0) is 19.8. The molecule has 1 aliphatic rings. The molecule has 0 atom stereocenters. The first-order chi connectivity index (χ1) is 13.6. The van der Waals surface area contributed by atoms with Crippen LogP contribution in [0.3, 0.4) is 0 Å². The fourth-order valence-corrected chi connectivity index (χ4v) is 3.98. The first kappa shape index (κ1) is 23.1. The summed E-state index contributed by atoms with van der Waals surface area (Å²) in [6.07, 6.45) is 6.92. The van der Waals surface area contributed by atoms with Gasteiger partial charge in [-0.2, -0.15) is 13.2 Å². The summed E-state index contributed by atoms with van der Waals surface area (Å²) in [5.74, 6) is 0.775. The van der Waals surface area contributed by atoms with Gasteiger partial charge >= 0.3 is 6.68 Å². The Kier molecular flexibility index (Phi) is 9.33. The lowest BCUT2D eigenvalue weighted by Gasteiger charge is -2.22. The maximum absolute atomic E-state index is 9.67. The van der Waals surface area contributed by atoms with E-state index in [4.69, 9.17) is 0 Å². The molecule has 3 aromatic carbocycles. The molecule has 0 amide bonds. The maximum atomic E-state index is 9.67. The number of hydrogen-bond acceptors (Lipinski definition) is 0. The SMILES string of the molecule is FC(F)F.[SH3+].c1ccc(-c2ccccc2-c2ccc(C3CCCCC3)cc2)cc1. The highest BCUT2D eigenvalue weighted by Gasteiger charge is 2.15. The van der Waals surface area contributed by atoms with Crippen molar-refractivity contribution in [1.82, 2.24) is 0 Å². The van der Waals surface area contributed by atoms with E-state index in [1.807, 2.05) is 0 Å². The molecule has 4 rings (SSSR count). The van der Waals surface area contributed by atoms with Gasteiger partial charge in [0.2, 0.25) is 0 Å². The van der Waals surface area contributed by atoms with Crippen LogP contribution < -0.4 is 0 Å². The Bertz CT molecular complexity index is 839. The second-order valence-corrected chi connectivity index (χ2v) is 7.12. The van der Waals surface area contributed by atoms with Gasteiger partial charge < -0.3 is 0 Å². The Morgan fingerprint density at radius 1 is 0.586 bits per heavy atom. The third-order valence-corrected chi connectivity index (χ3v) is 5.31. The van der Waals surface area contributed by atoms with Gasteiger partial charge in [-0.05, 0) is 46.6 Å². The number of hydrogen-bond donors (Lipinski definition) is 0. The second kappa shape index (κ2) is 11.7. The molecule has 0 bridgehead atoms. The summed E-state index contributed by atoms with van der Waals surface area (Å²) >= 11 is 0. The standard InChI is InChI=1S/C24H24.CHF3.H2S/c1-3-9-19(10-4-1)20-15-17-22(18-16-20)24-14-8-7-13-23(24)21-11-5-2-6-12-21;2-1(3)4;/h2,5-8,11-19H,1,3-4,9-10H2;1H;1H2/p+1. The van der Waals surface area contributed by atoms with E-state index in [1.165, 1.54) is 59.9 Å². The van der Waals surface area contributed by atoms with E-state index in [-0.39, 0.29) is 13.5 Å². The molecule has 0 nitrogen and oxygen atoms in total. The Labute approximate surface area is 178 Å². The number of rotatable bonds is 3. The molecule has 0 N–H and O–H groups in total. The summed E-state index contributed by atoms with van der Waals surface area (Å²) in [5.41, 5.74) is 6.75. The summed E-state index contributed by atoms with van der Waals surface area (Å²) in [4.78, 5) is 0. The fourth-order valence-electron chi connectivity index (χ4n) is 3.98. The van der Waals surface area contributed by atoms with Crippen LogP contribution in [0.2, 0.25) is 0 Å². The van der Waals surface area contributed by atoms with Crippen molar-refractivity contribution in [2.75, 3.05) is 0 Å². The van der Waals surface area contributed by atoms with Gasteiger partial charge in [0.15, 0.2) is 0 Å². The Morgan fingerprint density at radius 2 is 1.03 bits per heavy atom. The minimum Gasteiger partial charge on any atom is -0.174 e. The van der Waals surface area contributed by atoms with E-state index >= 15 is 0 Å². The van der Waals surface area contributed by atoms with Crippen LogP contribution in [-0.4, -0.2) is 6.68 Å². The minimum absolute atomic E-state index is 0. The van der Waals surface area contributed by atoms with E-state index in [9.17, 15) is 13.2 Å². The van der Waals surface area contributed by atoms with Crippen molar-refractivity contribution >= 4 is 13.5 Å². The average molecular weight is 418 g/mol. The summed E-state index contributed by atoms with van der Waals surface area (Å²) < 4.78 is 29.0. The van der Waals surface area contributed by atoms with Crippen LogP contribution in [0.15, 0.2) is 78.9 Å². The van der Waals surface area contributed by atoms with Crippen LogP contribution in [-0.2, 0) is 13.5 Å². The van der Waals surface area contributed by atoms with Crippen molar-refractivity contribution in [2.45, 2.75) is 44.7 Å². The van der Waals surface area contributed by atoms with Gasteiger partial charge in [0.05, 0.1) is 0 Å². The van der Waals surface area contributed by atoms with Crippen molar-refractivity contribution in [1.29, 1.82) is 0 Å². The van der Waals surface area contributed by atoms with E-state index in [0.717, 1.165) is 5.92 Å².